The van der Waals surface area contributed by atoms with Crippen molar-refractivity contribution in [2.24, 2.45) is 0 Å². The van der Waals surface area contributed by atoms with E-state index in [1.807, 2.05) is 34.6 Å². The number of hydrogen-bond acceptors (Lipinski definition) is 4. The van der Waals surface area contributed by atoms with Crippen LogP contribution in [0.25, 0.3) is 0 Å². The smallest absolute Gasteiger partial charge is 0.220 e. The highest BCUT2D eigenvalue weighted by Gasteiger charge is 2.12. The summed E-state index contributed by atoms with van der Waals surface area (Å²) in [5.41, 5.74) is 1.69. The lowest BCUT2D eigenvalue weighted by atomic mass is 10.1. The molecule has 0 saturated heterocycles. The predicted molar refractivity (Wildman–Crippen MR) is 98.9 cm³/mol. The van der Waals surface area contributed by atoms with Crippen molar-refractivity contribution in [2.75, 3.05) is 31.5 Å². The van der Waals surface area contributed by atoms with E-state index in [4.69, 9.17) is 12.2 Å². The number of hydrogen-bond donors (Lipinski definition) is 1. The number of nitrogens with one attached hydrogen (secondary N) is 1. The Balaban J connectivity index is 0. The molecule has 4 heteroatoms. The molecule has 1 aromatic carbocycles. The van der Waals surface area contributed by atoms with E-state index in [9.17, 15) is 4.79 Å². The summed E-state index contributed by atoms with van der Waals surface area (Å²) in [6.07, 6.45) is 2.25. The van der Waals surface area contributed by atoms with Crippen molar-refractivity contribution < 1.29 is 0 Å². The fourth-order valence-electron chi connectivity index (χ4n) is 1.98. The van der Waals surface area contributed by atoms with Gasteiger partial charge in [-0.25, -0.2) is 0 Å². The first-order chi connectivity index (χ1) is 10.1. The van der Waals surface area contributed by atoms with Crippen LogP contribution in [0.5, 0.6) is 0 Å². The second-order valence-electron chi connectivity index (χ2n) is 4.37. The second kappa shape index (κ2) is 14.2. The van der Waals surface area contributed by atoms with Crippen LogP contribution in [-0.2, 0) is 0 Å². The van der Waals surface area contributed by atoms with Gasteiger partial charge in [0.1, 0.15) is 0 Å². The first-order valence-corrected chi connectivity index (χ1v) is 8.78. The lowest BCUT2D eigenvalue weighted by Crippen LogP contribution is -2.27. The zero-order valence-corrected chi connectivity index (χ0v) is 15.8. The molecule has 0 aliphatic heterocycles. The topological polar surface area (TPSA) is 32.3 Å². The normalized spacial score (nSPS) is 9.71. The zero-order chi connectivity index (χ0) is 16.8. The van der Waals surface area contributed by atoms with Crippen molar-refractivity contribution in [1.29, 1.82) is 0 Å². The first kappa shape index (κ1) is 22.5. The molecule has 0 aromatic heterocycles. The van der Waals surface area contributed by atoms with Crippen LogP contribution in [0, 0.1) is 11.4 Å². The Labute approximate surface area is 136 Å². The minimum Gasteiger partial charge on any atom is -0.382 e. The van der Waals surface area contributed by atoms with Crippen molar-refractivity contribution >= 4 is 17.9 Å². The van der Waals surface area contributed by atoms with Crippen molar-refractivity contribution in [1.82, 2.24) is 4.90 Å². The van der Waals surface area contributed by atoms with E-state index in [0.717, 1.165) is 43.9 Å². The summed E-state index contributed by atoms with van der Waals surface area (Å²) in [6, 6.07) is 0. The van der Waals surface area contributed by atoms with E-state index in [-0.39, 0.29) is 5.43 Å². The molecule has 0 unspecified atom stereocenters. The van der Waals surface area contributed by atoms with E-state index >= 15 is 0 Å². The van der Waals surface area contributed by atoms with Gasteiger partial charge in [0.05, 0.1) is 10.2 Å². The van der Waals surface area contributed by atoms with Crippen LogP contribution < -0.4 is 10.7 Å². The lowest BCUT2D eigenvalue weighted by molar-refractivity contribution is 0.288. The molecule has 0 radical (unpaired) electrons. The standard InChI is InChI=1S/C13H22N2OS.2C2H6/c1-4-8-15(5-2)9-6-7-14-11-10(3)13(17)12(11)16;2*1-2/h14H,4-9H2,1-3H3;2*1-2H3. The third-order valence-electron chi connectivity index (χ3n) is 3.09. The fraction of sp³-hybridized carbons (Fsp3) is 0.765. The molecule has 0 aliphatic carbocycles. The minimum atomic E-state index is 0.0124. The third kappa shape index (κ3) is 7.72. The molecule has 21 heavy (non-hydrogen) atoms. The average molecular weight is 315 g/mol. The quantitative estimate of drug-likeness (QED) is 0.564. The van der Waals surface area contributed by atoms with Gasteiger partial charge >= 0.3 is 0 Å². The van der Waals surface area contributed by atoms with Crippen LogP contribution in [0.15, 0.2) is 4.79 Å². The van der Waals surface area contributed by atoms with Crippen molar-refractivity contribution in [2.45, 2.75) is 61.3 Å². The van der Waals surface area contributed by atoms with Gasteiger partial charge in [0.2, 0.25) is 5.43 Å². The van der Waals surface area contributed by atoms with E-state index in [0.29, 0.717) is 4.51 Å². The van der Waals surface area contributed by atoms with E-state index < -0.39 is 0 Å². The molecule has 1 N–H and O–H groups in total. The average Bonchev–Trinajstić information content (AvgIpc) is 2.56. The molecule has 124 valence electrons. The van der Waals surface area contributed by atoms with Gasteiger partial charge in [-0.1, -0.05) is 53.8 Å². The van der Waals surface area contributed by atoms with Crippen LogP contribution in [0.2, 0.25) is 0 Å². The molecular weight excluding hydrogens is 280 g/mol. The second-order valence-corrected chi connectivity index (χ2v) is 4.78. The summed E-state index contributed by atoms with van der Waals surface area (Å²) in [6.45, 7) is 18.5. The van der Waals surface area contributed by atoms with E-state index in [1.165, 1.54) is 6.42 Å². The Morgan fingerprint density at radius 3 is 2.10 bits per heavy atom. The number of rotatable bonds is 8. The Hall–Kier alpha value is -0.740. The molecule has 1 rings (SSSR count). The van der Waals surface area contributed by atoms with Crippen molar-refractivity contribution in [3.8, 4) is 0 Å². The fourth-order valence-corrected chi connectivity index (χ4v) is 2.18. The van der Waals surface area contributed by atoms with Crippen LogP contribution >= 0.6 is 12.2 Å². The summed E-state index contributed by atoms with van der Waals surface area (Å²) < 4.78 is 0.494. The summed E-state index contributed by atoms with van der Waals surface area (Å²) in [5.74, 6) is 0. The molecule has 0 aliphatic rings. The SMILES string of the molecule is CC.CC.CCCN(CC)CCCNc1c(C)c(=S)c1=O. The van der Waals surface area contributed by atoms with Crippen LogP contribution in [0.3, 0.4) is 0 Å². The van der Waals surface area contributed by atoms with Crippen LogP contribution in [-0.4, -0.2) is 31.1 Å². The van der Waals surface area contributed by atoms with E-state index in [2.05, 4.69) is 24.1 Å². The maximum absolute atomic E-state index is 11.4. The Kier molecular flexibility index (Phi) is 15.2. The Bertz CT molecular complexity index is 422. The van der Waals surface area contributed by atoms with Gasteiger partial charge in [0.15, 0.2) is 0 Å². The van der Waals surface area contributed by atoms with Gasteiger partial charge in [0, 0.05) is 6.54 Å². The summed E-state index contributed by atoms with van der Waals surface area (Å²) in [7, 11) is 0. The summed E-state index contributed by atoms with van der Waals surface area (Å²) >= 11 is 4.92. The minimum absolute atomic E-state index is 0.0124. The molecule has 0 heterocycles. The van der Waals surface area contributed by atoms with Crippen molar-refractivity contribution in [3.63, 3.8) is 0 Å². The highest BCUT2D eigenvalue weighted by molar-refractivity contribution is 7.71. The summed E-state index contributed by atoms with van der Waals surface area (Å²) in [5, 5.41) is 3.19. The van der Waals surface area contributed by atoms with Gasteiger partial charge in [-0.3, -0.25) is 4.79 Å². The van der Waals surface area contributed by atoms with Gasteiger partial charge in [-0.05, 0) is 45.0 Å². The predicted octanol–water partition coefficient (Wildman–Crippen LogP) is 4.55. The maximum Gasteiger partial charge on any atom is 0.220 e. The molecule has 0 fully saturated rings. The summed E-state index contributed by atoms with van der Waals surface area (Å²) in [4.78, 5) is 13.8. The molecule has 0 bridgehead atoms. The van der Waals surface area contributed by atoms with E-state index in [1.54, 1.807) is 0 Å². The number of anilines is 1. The maximum atomic E-state index is 11.4. The molecule has 0 saturated carbocycles. The molecular formula is C17H34N2OS. The Morgan fingerprint density at radius 1 is 1.10 bits per heavy atom. The van der Waals surface area contributed by atoms with Crippen LogP contribution in [0.4, 0.5) is 5.69 Å². The van der Waals surface area contributed by atoms with Gasteiger partial charge in [-0.2, -0.15) is 0 Å². The highest BCUT2D eigenvalue weighted by atomic mass is 32.1. The molecule has 3 nitrogen and oxygen atoms in total. The molecule has 0 atom stereocenters. The zero-order valence-electron chi connectivity index (χ0n) is 15.0. The molecule has 1 aromatic rings. The monoisotopic (exact) mass is 314 g/mol. The third-order valence-corrected chi connectivity index (χ3v) is 3.58. The molecule has 0 spiro atoms. The van der Waals surface area contributed by atoms with Gasteiger partial charge < -0.3 is 10.2 Å². The lowest BCUT2D eigenvalue weighted by Gasteiger charge is -2.19. The number of nitrogens with zero attached hydrogens (tertiary/aromatic N) is 1. The van der Waals surface area contributed by atoms with Gasteiger partial charge in [-0.15, -0.1) is 0 Å². The largest absolute Gasteiger partial charge is 0.382 e. The van der Waals surface area contributed by atoms with Gasteiger partial charge in [0.25, 0.3) is 0 Å². The van der Waals surface area contributed by atoms with Crippen molar-refractivity contribution in [3.05, 3.63) is 20.3 Å². The molecule has 0 amide bonds. The van der Waals surface area contributed by atoms with Crippen LogP contribution in [0.1, 0.15) is 59.9 Å². The first-order valence-electron chi connectivity index (χ1n) is 8.37. The Morgan fingerprint density at radius 2 is 1.67 bits per heavy atom. The highest BCUT2D eigenvalue weighted by Crippen LogP contribution is 2.13.